The number of amides is 2. The fraction of sp³-hybridized carbons (Fsp3) is 0.455. The van der Waals surface area contributed by atoms with Crippen molar-refractivity contribution in [2.75, 3.05) is 26.2 Å². The molecule has 0 radical (unpaired) electrons. The average Bonchev–Trinajstić information content (AvgIpc) is 2.73. The lowest BCUT2D eigenvalue weighted by molar-refractivity contribution is -0.137. The standard InChI is InChI=1S/C22H26N2O2/c25-21(23-13-4-1-5-14-23)18-10-7-15-24(16-18)22(26)20-12-6-9-17-8-2-3-11-19(17)20/h2-3,6,8-9,11-12,18H,1,4-5,7,10,13-16H2/t18-/m1/s1. The summed E-state index contributed by atoms with van der Waals surface area (Å²) < 4.78 is 0. The zero-order chi connectivity index (χ0) is 17.9. The number of likely N-dealkylation sites (tertiary alicyclic amines) is 2. The molecular formula is C22H26N2O2. The van der Waals surface area contributed by atoms with Crippen LogP contribution in [0, 0.1) is 5.92 Å². The summed E-state index contributed by atoms with van der Waals surface area (Å²) in [5.74, 6) is 0.263. The molecule has 0 N–H and O–H groups in total. The summed E-state index contributed by atoms with van der Waals surface area (Å²) in [6.07, 6.45) is 5.24. The van der Waals surface area contributed by atoms with Gasteiger partial charge in [-0.05, 0) is 48.9 Å². The predicted octanol–water partition coefficient (Wildman–Crippen LogP) is 3.70. The Kier molecular flexibility index (Phi) is 4.91. The van der Waals surface area contributed by atoms with Gasteiger partial charge < -0.3 is 9.80 Å². The number of nitrogens with zero attached hydrogens (tertiary/aromatic N) is 2. The van der Waals surface area contributed by atoms with Crippen LogP contribution >= 0.6 is 0 Å². The second-order valence-corrected chi connectivity index (χ2v) is 7.50. The molecule has 0 aliphatic carbocycles. The van der Waals surface area contributed by atoms with Gasteiger partial charge in [0.15, 0.2) is 0 Å². The van der Waals surface area contributed by atoms with Crippen molar-refractivity contribution in [3.63, 3.8) is 0 Å². The van der Waals surface area contributed by atoms with E-state index in [9.17, 15) is 9.59 Å². The molecule has 4 rings (SSSR count). The molecule has 2 fully saturated rings. The molecule has 4 heteroatoms. The molecule has 136 valence electrons. The van der Waals surface area contributed by atoms with E-state index in [0.29, 0.717) is 6.54 Å². The molecular weight excluding hydrogens is 324 g/mol. The van der Waals surface area contributed by atoms with Crippen LogP contribution in [-0.4, -0.2) is 47.8 Å². The third kappa shape index (κ3) is 3.33. The van der Waals surface area contributed by atoms with Gasteiger partial charge in [-0.3, -0.25) is 9.59 Å². The number of piperidine rings is 2. The minimum atomic E-state index is -0.0409. The van der Waals surface area contributed by atoms with Crippen LogP contribution in [0.5, 0.6) is 0 Å². The first-order valence-corrected chi connectivity index (χ1v) is 9.80. The predicted molar refractivity (Wildman–Crippen MR) is 103 cm³/mol. The number of carbonyl (C=O) groups excluding carboxylic acids is 2. The lowest BCUT2D eigenvalue weighted by atomic mass is 9.94. The molecule has 2 amide bonds. The molecule has 2 aliphatic rings. The zero-order valence-corrected chi connectivity index (χ0v) is 15.2. The van der Waals surface area contributed by atoms with Crippen molar-refractivity contribution in [2.24, 2.45) is 5.92 Å². The van der Waals surface area contributed by atoms with Gasteiger partial charge in [0.1, 0.15) is 0 Å². The first-order chi connectivity index (χ1) is 12.7. The summed E-state index contributed by atoms with van der Waals surface area (Å²) in [7, 11) is 0. The maximum Gasteiger partial charge on any atom is 0.254 e. The van der Waals surface area contributed by atoms with E-state index in [4.69, 9.17) is 0 Å². The van der Waals surface area contributed by atoms with Crippen LogP contribution in [0.2, 0.25) is 0 Å². The first-order valence-electron chi connectivity index (χ1n) is 9.80. The Bertz CT molecular complexity index is 805. The Morgan fingerprint density at radius 1 is 0.808 bits per heavy atom. The van der Waals surface area contributed by atoms with Crippen molar-refractivity contribution >= 4 is 22.6 Å². The SMILES string of the molecule is O=C(c1cccc2ccccc12)N1CCC[C@@H](C(=O)N2CCCCC2)C1. The van der Waals surface area contributed by atoms with Crippen molar-refractivity contribution < 1.29 is 9.59 Å². The Hall–Kier alpha value is -2.36. The third-order valence-electron chi connectivity index (χ3n) is 5.75. The lowest BCUT2D eigenvalue weighted by Crippen LogP contribution is -2.47. The second kappa shape index (κ2) is 7.48. The zero-order valence-electron chi connectivity index (χ0n) is 15.2. The molecule has 0 unspecified atom stereocenters. The quantitative estimate of drug-likeness (QED) is 0.828. The topological polar surface area (TPSA) is 40.6 Å². The summed E-state index contributed by atoms with van der Waals surface area (Å²) in [4.78, 5) is 29.9. The van der Waals surface area contributed by atoms with Crippen molar-refractivity contribution in [1.29, 1.82) is 0 Å². The molecule has 0 bridgehead atoms. The maximum atomic E-state index is 13.2. The van der Waals surface area contributed by atoms with Gasteiger partial charge in [0.25, 0.3) is 5.91 Å². The molecule has 2 saturated heterocycles. The van der Waals surface area contributed by atoms with Crippen LogP contribution in [0.1, 0.15) is 42.5 Å². The number of hydrogen-bond donors (Lipinski definition) is 0. The lowest BCUT2D eigenvalue weighted by Gasteiger charge is -2.36. The second-order valence-electron chi connectivity index (χ2n) is 7.50. The van der Waals surface area contributed by atoms with Gasteiger partial charge in [0, 0.05) is 31.7 Å². The number of rotatable bonds is 2. The minimum absolute atomic E-state index is 0.0409. The maximum absolute atomic E-state index is 13.2. The smallest absolute Gasteiger partial charge is 0.254 e. The highest BCUT2D eigenvalue weighted by molar-refractivity contribution is 6.07. The van der Waals surface area contributed by atoms with Crippen LogP contribution in [-0.2, 0) is 4.79 Å². The minimum Gasteiger partial charge on any atom is -0.342 e. The fourth-order valence-corrected chi connectivity index (χ4v) is 4.32. The molecule has 26 heavy (non-hydrogen) atoms. The van der Waals surface area contributed by atoms with Gasteiger partial charge in [-0.2, -0.15) is 0 Å². The van der Waals surface area contributed by atoms with E-state index in [-0.39, 0.29) is 17.7 Å². The largest absolute Gasteiger partial charge is 0.342 e. The van der Waals surface area contributed by atoms with Crippen molar-refractivity contribution in [2.45, 2.75) is 32.1 Å². The third-order valence-corrected chi connectivity index (χ3v) is 5.75. The summed E-state index contributed by atoms with van der Waals surface area (Å²) in [6, 6.07) is 13.9. The van der Waals surface area contributed by atoms with E-state index in [1.165, 1.54) is 6.42 Å². The van der Waals surface area contributed by atoms with Crippen LogP contribution < -0.4 is 0 Å². The average molecular weight is 350 g/mol. The Morgan fingerprint density at radius 3 is 2.38 bits per heavy atom. The number of fused-ring (bicyclic) bond motifs is 1. The van der Waals surface area contributed by atoms with E-state index in [1.807, 2.05) is 52.3 Å². The van der Waals surface area contributed by atoms with Gasteiger partial charge in [0.2, 0.25) is 5.91 Å². The summed E-state index contributed by atoms with van der Waals surface area (Å²) >= 11 is 0. The number of hydrogen-bond acceptors (Lipinski definition) is 2. The van der Waals surface area contributed by atoms with E-state index in [0.717, 1.165) is 61.7 Å². The van der Waals surface area contributed by atoms with Gasteiger partial charge in [0.05, 0.1) is 5.92 Å². The molecule has 4 nitrogen and oxygen atoms in total. The van der Waals surface area contributed by atoms with Crippen molar-refractivity contribution in [3.05, 3.63) is 48.0 Å². The van der Waals surface area contributed by atoms with Gasteiger partial charge in [-0.1, -0.05) is 36.4 Å². The molecule has 0 spiro atoms. The summed E-state index contributed by atoms with van der Waals surface area (Å²) in [5, 5.41) is 2.07. The van der Waals surface area contributed by atoms with Gasteiger partial charge in [-0.15, -0.1) is 0 Å². The highest BCUT2D eigenvalue weighted by Crippen LogP contribution is 2.25. The Balaban J connectivity index is 1.52. The normalized spacial score (nSPS) is 21.0. The highest BCUT2D eigenvalue weighted by Gasteiger charge is 2.32. The summed E-state index contributed by atoms with van der Waals surface area (Å²) in [5.41, 5.74) is 0.745. The molecule has 0 aromatic heterocycles. The molecule has 1 atom stereocenters. The van der Waals surface area contributed by atoms with Crippen LogP contribution in [0.4, 0.5) is 0 Å². The van der Waals surface area contributed by atoms with Crippen molar-refractivity contribution in [1.82, 2.24) is 9.80 Å². The monoisotopic (exact) mass is 350 g/mol. The highest BCUT2D eigenvalue weighted by atomic mass is 16.2. The van der Waals surface area contributed by atoms with Gasteiger partial charge >= 0.3 is 0 Å². The first kappa shape index (κ1) is 17.1. The van der Waals surface area contributed by atoms with Gasteiger partial charge in [-0.25, -0.2) is 0 Å². The molecule has 2 aliphatic heterocycles. The molecule has 0 saturated carbocycles. The number of carbonyl (C=O) groups is 2. The summed E-state index contributed by atoms with van der Waals surface area (Å²) in [6.45, 7) is 3.06. The van der Waals surface area contributed by atoms with Crippen LogP contribution in [0.25, 0.3) is 10.8 Å². The Labute approximate surface area is 154 Å². The van der Waals surface area contributed by atoms with Crippen LogP contribution in [0.15, 0.2) is 42.5 Å². The fourth-order valence-electron chi connectivity index (χ4n) is 4.32. The number of benzene rings is 2. The Morgan fingerprint density at radius 2 is 1.54 bits per heavy atom. The van der Waals surface area contributed by atoms with E-state index in [1.54, 1.807) is 0 Å². The van der Waals surface area contributed by atoms with Crippen LogP contribution in [0.3, 0.4) is 0 Å². The molecule has 2 heterocycles. The van der Waals surface area contributed by atoms with E-state index in [2.05, 4.69) is 0 Å². The molecule has 2 aromatic rings. The van der Waals surface area contributed by atoms with E-state index < -0.39 is 0 Å². The van der Waals surface area contributed by atoms with E-state index >= 15 is 0 Å². The van der Waals surface area contributed by atoms with Crippen molar-refractivity contribution in [3.8, 4) is 0 Å². The molecule has 2 aromatic carbocycles.